The van der Waals surface area contributed by atoms with Crippen LogP contribution in [0, 0.1) is 5.82 Å². The molecule has 2 amide bonds. The molecule has 0 saturated carbocycles. The molecule has 0 spiro atoms. The van der Waals surface area contributed by atoms with Crippen LogP contribution in [0.15, 0.2) is 23.1 Å². The molecule has 1 aromatic rings. The molecule has 0 bridgehead atoms. The van der Waals surface area contributed by atoms with Crippen molar-refractivity contribution in [2.75, 3.05) is 13.1 Å². The van der Waals surface area contributed by atoms with Gasteiger partial charge < -0.3 is 0 Å². The van der Waals surface area contributed by atoms with E-state index in [1.54, 1.807) is 0 Å². The molecule has 1 heterocycles. The molecule has 1 fully saturated rings. The smallest absolute Gasteiger partial charge is 0.244 e. The number of hydrogen-bond acceptors (Lipinski definition) is 4. The fraction of sp³-hybridized carbons (Fsp3) is 0.200. The number of hydrogen-bond donors (Lipinski definition) is 1. The lowest BCUT2D eigenvalue weighted by Crippen LogP contribution is -2.53. The Morgan fingerprint density at radius 3 is 2.32 bits per heavy atom. The van der Waals surface area contributed by atoms with E-state index in [2.05, 4.69) is 0 Å². The Bertz CT molecular complexity index is 645. The summed E-state index contributed by atoms with van der Waals surface area (Å²) in [4.78, 5) is 22.0. The van der Waals surface area contributed by atoms with E-state index in [9.17, 15) is 22.4 Å². The summed E-state index contributed by atoms with van der Waals surface area (Å²) >= 11 is 5.51. The third-order valence-corrected chi connectivity index (χ3v) is 4.52. The molecule has 1 saturated heterocycles. The maximum absolute atomic E-state index is 13.0. The lowest BCUT2D eigenvalue weighted by atomic mass is 10.3. The Kier molecular flexibility index (Phi) is 3.57. The third kappa shape index (κ3) is 2.75. The van der Waals surface area contributed by atoms with Crippen molar-refractivity contribution in [3.05, 3.63) is 29.0 Å². The van der Waals surface area contributed by atoms with Gasteiger partial charge in [0.1, 0.15) is 5.82 Å². The molecule has 0 unspecified atom stereocenters. The van der Waals surface area contributed by atoms with Gasteiger partial charge >= 0.3 is 0 Å². The number of halogens is 2. The molecule has 2 rings (SSSR count). The SMILES string of the molecule is O=C1CN(S(=O)(=O)c2ccc(F)c(Cl)c2)CC(=O)N1. The molecule has 0 aromatic heterocycles. The van der Waals surface area contributed by atoms with Gasteiger partial charge in [0.2, 0.25) is 21.8 Å². The first-order chi connectivity index (χ1) is 8.80. The number of carbonyl (C=O) groups is 2. The maximum atomic E-state index is 13.0. The number of imide groups is 1. The molecule has 0 aliphatic carbocycles. The average Bonchev–Trinajstić information content (AvgIpc) is 2.31. The van der Waals surface area contributed by atoms with Gasteiger partial charge in [0.15, 0.2) is 0 Å². The van der Waals surface area contributed by atoms with Crippen molar-refractivity contribution in [2.45, 2.75) is 4.90 Å². The van der Waals surface area contributed by atoms with Crippen molar-refractivity contribution in [3.8, 4) is 0 Å². The van der Waals surface area contributed by atoms with Crippen molar-refractivity contribution >= 4 is 33.4 Å². The number of carbonyl (C=O) groups excluding carboxylic acids is 2. The van der Waals surface area contributed by atoms with Crippen molar-refractivity contribution in [1.82, 2.24) is 9.62 Å². The molecule has 0 radical (unpaired) electrons. The van der Waals surface area contributed by atoms with Crippen molar-refractivity contribution in [1.29, 1.82) is 0 Å². The van der Waals surface area contributed by atoms with Crippen LogP contribution in [0.25, 0.3) is 0 Å². The zero-order valence-corrected chi connectivity index (χ0v) is 11.0. The number of sulfonamides is 1. The van der Waals surface area contributed by atoms with E-state index in [4.69, 9.17) is 11.6 Å². The van der Waals surface area contributed by atoms with Crippen LogP contribution in [0.1, 0.15) is 0 Å². The van der Waals surface area contributed by atoms with E-state index in [1.807, 2.05) is 5.32 Å². The van der Waals surface area contributed by atoms with Crippen LogP contribution in [-0.2, 0) is 19.6 Å². The molecular formula is C10H8ClFN2O4S. The summed E-state index contributed by atoms with van der Waals surface area (Å²) in [5.41, 5.74) is 0. The van der Waals surface area contributed by atoms with E-state index in [-0.39, 0.29) is 9.92 Å². The van der Waals surface area contributed by atoms with Gasteiger partial charge in [0.25, 0.3) is 0 Å². The van der Waals surface area contributed by atoms with Crippen molar-refractivity contribution in [2.24, 2.45) is 0 Å². The summed E-state index contributed by atoms with van der Waals surface area (Å²) < 4.78 is 38.0. The highest BCUT2D eigenvalue weighted by Gasteiger charge is 2.33. The fourth-order valence-corrected chi connectivity index (χ4v) is 3.19. The molecule has 1 N–H and O–H groups in total. The van der Waals surface area contributed by atoms with Gasteiger partial charge in [0, 0.05) is 0 Å². The number of benzene rings is 1. The predicted molar refractivity (Wildman–Crippen MR) is 63.3 cm³/mol. The lowest BCUT2D eigenvalue weighted by Gasteiger charge is -2.24. The van der Waals surface area contributed by atoms with Crippen LogP contribution in [0.3, 0.4) is 0 Å². The lowest BCUT2D eigenvalue weighted by molar-refractivity contribution is -0.134. The number of nitrogens with one attached hydrogen (secondary N) is 1. The zero-order chi connectivity index (χ0) is 14.2. The Balaban J connectivity index is 2.39. The molecule has 19 heavy (non-hydrogen) atoms. The Morgan fingerprint density at radius 2 is 1.79 bits per heavy atom. The van der Waals surface area contributed by atoms with Crippen LogP contribution in [0.5, 0.6) is 0 Å². The largest absolute Gasteiger partial charge is 0.294 e. The molecule has 6 nitrogen and oxygen atoms in total. The summed E-state index contributed by atoms with van der Waals surface area (Å²) in [5.74, 6) is -2.19. The maximum Gasteiger partial charge on any atom is 0.244 e. The number of rotatable bonds is 2. The van der Waals surface area contributed by atoms with Crippen LogP contribution < -0.4 is 5.32 Å². The second-order valence-corrected chi connectivity index (χ2v) is 6.17. The Hall–Kier alpha value is -1.51. The summed E-state index contributed by atoms with van der Waals surface area (Å²) in [6.07, 6.45) is 0. The minimum atomic E-state index is -4.07. The van der Waals surface area contributed by atoms with Gasteiger partial charge in [-0.2, -0.15) is 4.31 Å². The topological polar surface area (TPSA) is 83.6 Å². The average molecular weight is 307 g/mol. The molecule has 102 valence electrons. The normalized spacial score (nSPS) is 17.4. The highest BCUT2D eigenvalue weighted by molar-refractivity contribution is 7.89. The molecular weight excluding hydrogens is 299 g/mol. The van der Waals surface area contributed by atoms with Gasteiger partial charge in [-0.1, -0.05) is 11.6 Å². The van der Waals surface area contributed by atoms with E-state index in [0.717, 1.165) is 18.2 Å². The first-order valence-corrected chi connectivity index (χ1v) is 6.90. The monoisotopic (exact) mass is 306 g/mol. The molecule has 1 aromatic carbocycles. The number of piperazine rings is 1. The quantitative estimate of drug-likeness (QED) is 0.787. The molecule has 1 aliphatic heterocycles. The van der Waals surface area contributed by atoms with Gasteiger partial charge in [-0.15, -0.1) is 0 Å². The first-order valence-electron chi connectivity index (χ1n) is 5.08. The molecule has 1 aliphatic rings. The summed E-state index contributed by atoms with van der Waals surface area (Å²) in [7, 11) is -4.07. The van der Waals surface area contributed by atoms with Gasteiger partial charge in [-0.05, 0) is 18.2 Å². The van der Waals surface area contributed by atoms with Crippen molar-refractivity contribution in [3.63, 3.8) is 0 Å². The highest BCUT2D eigenvalue weighted by atomic mass is 35.5. The van der Waals surface area contributed by atoms with E-state index < -0.39 is 40.7 Å². The van der Waals surface area contributed by atoms with E-state index in [1.165, 1.54) is 0 Å². The highest BCUT2D eigenvalue weighted by Crippen LogP contribution is 2.22. The van der Waals surface area contributed by atoms with Crippen LogP contribution >= 0.6 is 11.6 Å². The minimum absolute atomic E-state index is 0.276. The number of nitrogens with zero attached hydrogens (tertiary/aromatic N) is 1. The number of amides is 2. The van der Waals surface area contributed by atoms with Gasteiger partial charge in [-0.3, -0.25) is 14.9 Å². The summed E-state index contributed by atoms with van der Waals surface area (Å²) in [6, 6.07) is 2.86. The first kappa shape index (κ1) is 13.9. The van der Waals surface area contributed by atoms with Crippen LogP contribution in [0.2, 0.25) is 5.02 Å². The van der Waals surface area contributed by atoms with Crippen LogP contribution in [0.4, 0.5) is 4.39 Å². The second kappa shape index (κ2) is 4.87. The van der Waals surface area contributed by atoms with E-state index >= 15 is 0 Å². The summed E-state index contributed by atoms with van der Waals surface area (Å²) in [5, 5.41) is 1.63. The summed E-state index contributed by atoms with van der Waals surface area (Å²) in [6.45, 7) is -0.938. The standard InChI is InChI=1S/C10H8ClFN2O4S/c11-7-3-6(1-2-8(7)12)19(17,18)14-4-9(15)13-10(16)5-14/h1-3H,4-5H2,(H,13,15,16). The van der Waals surface area contributed by atoms with E-state index in [0.29, 0.717) is 4.31 Å². The van der Waals surface area contributed by atoms with Gasteiger partial charge in [-0.25, -0.2) is 12.8 Å². The molecule has 0 atom stereocenters. The van der Waals surface area contributed by atoms with Crippen molar-refractivity contribution < 1.29 is 22.4 Å². The second-order valence-electron chi connectivity index (χ2n) is 3.82. The minimum Gasteiger partial charge on any atom is -0.294 e. The Labute approximate surface area is 113 Å². The zero-order valence-electron chi connectivity index (χ0n) is 9.39. The fourth-order valence-electron chi connectivity index (χ4n) is 1.57. The molecule has 9 heteroatoms. The van der Waals surface area contributed by atoms with Gasteiger partial charge in [0.05, 0.1) is 23.0 Å². The third-order valence-electron chi connectivity index (χ3n) is 2.45. The Morgan fingerprint density at radius 1 is 1.21 bits per heavy atom. The van der Waals surface area contributed by atoms with Crippen LogP contribution in [-0.4, -0.2) is 37.6 Å². The predicted octanol–water partition coefficient (Wildman–Crippen LogP) is 0.126.